The second kappa shape index (κ2) is 7.35. The lowest BCUT2D eigenvalue weighted by molar-refractivity contribution is 0.268. The molecule has 1 unspecified atom stereocenters. The number of hydrogen-bond acceptors (Lipinski definition) is 3. The molecule has 6 heteroatoms. The van der Waals surface area contributed by atoms with E-state index >= 15 is 0 Å². The fraction of sp³-hybridized carbons (Fsp3) is 0.600. The fourth-order valence-electron chi connectivity index (χ4n) is 2.60. The highest BCUT2D eigenvalue weighted by atomic mass is 32.2. The fourth-order valence-corrected chi connectivity index (χ4v) is 3.90. The van der Waals surface area contributed by atoms with Crippen LogP contribution in [0.1, 0.15) is 30.9 Å². The summed E-state index contributed by atoms with van der Waals surface area (Å²) in [6.07, 6.45) is 2.88. The summed E-state index contributed by atoms with van der Waals surface area (Å²) in [6.45, 7) is 4.09. The van der Waals surface area contributed by atoms with Crippen LogP contribution < -0.4 is 10.5 Å². The molecule has 1 fully saturated rings. The van der Waals surface area contributed by atoms with Crippen LogP contribution in [0, 0.1) is 5.92 Å². The highest BCUT2D eigenvalue weighted by Crippen LogP contribution is 2.17. The molecule has 1 aliphatic heterocycles. The summed E-state index contributed by atoms with van der Waals surface area (Å²) >= 11 is 0. The van der Waals surface area contributed by atoms with Gasteiger partial charge in [0, 0.05) is 19.6 Å². The average molecular weight is 311 g/mol. The van der Waals surface area contributed by atoms with E-state index in [2.05, 4.69) is 11.6 Å². The SMILES string of the molecule is CCc1ccc(CNS(=O)(=O)N2CCCC(CN)C2)cc1. The number of nitrogens with one attached hydrogen (secondary N) is 1. The quantitative estimate of drug-likeness (QED) is 0.830. The van der Waals surface area contributed by atoms with Crippen molar-refractivity contribution in [1.82, 2.24) is 9.03 Å². The largest absolute Gasteiger partial charge is 0.330 e. The van der Waals surface area contributed by atoms with Gasteiger partial charge in [-0.05, 0) is 42.9 Å². The summed E-state index contributed by atoms with van der Waals surface area (Å²) in [5, 5.41) is 0. The summed E-state index contributed by atoms with van der Waals surface area (Å²) in [4.78, 5) is 0. The zero-order valence-electron chi connectivity index (χ0n) is 12.6. The van der Waals surface area contributed by atoms with Gasteiger partial charge in [0.05, 0.1) is 0 Å². The molecule has 0 bridgehead atoms. The first-order valence-corrected chi connectivity index (χ1v) is 9.01. The van der Waals surface area contributed by atoms with Crippen LogP contribution in [-0.2, 0) is 23.2 Å². The highest BCUT2D eigenvalue weighted by Gasteiger charge is 2.27. The zero-order chi connectivity index (χ0) is 15.3. The molecule has 1 aliphatic rings. The third-order valence-electron chi connectivity index (χ3n) is 4.04. The van der Waals surface area contributed by atoms with Crippen molar-refractivity contribution in [2.75, 3.05) is 19.6 Å². The molecule has 0 spiro atoms. The van der Waals surface area contributed by atoms with E-state index < -0.39 is 10.2 Å². The van der Waals surface area contributed by atoms with Gasteiger partial charge in [0.25, 0.3) is 10.2 Å². The molecule has 0 aromatic heterocycles. The number of hydrogen-bond donors (Lipinski definition) is 2. The van der Waals surface area contributed by atoms with Crippen LogP contribution in [0.15, 0.2) is 24.3 Å². The molecule has 0 aliphatic carbocycles. The standard InChI is InChI=1S/C15H25N3O2S/c1-2-13-5-7-14(8-6-13)11-17-21(19,20)18-9-3-4-15(10-16)12-18/h5-8,15,17H,2-4,9-12,16H2,1H3. The Morgan fingerprint density at radius 3 is 2.57 bits per heavy atom. The Labute approximate surface area is 127 Å². The van der Waals surface area contributed by atoms with E-state index in [-0.39, 0.29) is 5.92 Å². The minimum atomic E-state index is -3.41. The van der Waals surface area contributed by atoms with Gasteiger partial charge in [0.2, 0.25) is 0 Å². The van der Waals surface area contributed by atoms with Crippen molar-refractivity contribution < 1.29 is 8.42 Å². The number of benzene rings is 1. The maximum atomic E-state index is 12.3. The molecule has 21 heavy (non-hydrogen) atoms. The molecule has 1 aromatic rings. The van der Waals surface area contributed by atoms with Crippen molar-refractivity contribution in [2.24, 2.45) is 11.7 Å². The zero-order valence-corrected chi connectivity index (χ0v) is 13.4. The molecule has 5 nitrogen and oxygen atoms in total. The molecular weight excluding hydrogens is 286 g/mol. The second-order valence-corrected chi connectivity index (χ2v) is 7.35. The van der Waals surface area contributed by atoms with Crippen LogP contribution in [0.2, 0.25) is 0 Å². The van der Waals surface area contributed by atoms with E-state index in [4.69, 9.17) is 5.73 Å². The first-order valence-electron chi connectivity index (χ1n) is 7.57. The van der Waals surface area contributed by atoms with E-state index in [1.54, 1.807) is 0 Å². The van der Waals surface area contributed by atoms with E-state index in [0.29, 0.717) is 26.2 Å². The smallest absolute Gasteiger partial charge is 0.279 e. The molecule has 3 N–H and O–H groups in total. The number of aryl methyl sites for hydroxylation is 1. The van der Waals surface area contributed by atoms with E-state index in [1.807, 2.05) is 24.3 Å². The summed E-state index contributed by atoms with van der Waals surface area (Å²) < 4.78 is 28.8. The van der Waals surface area contributed by atoms with Crippen LogP contribution in [-0.4, -0.2) is 32.4 Å². The average Bonchev–Trinajstić information content (AvgIpc) is 2.53. The number of piperidine rings is 1. The molecular formula is C15H25N3O2S. The maximum Gasteiger partial charge on any atom is 0.279 e. The normalized spacial score (nSPS) is 20.6. The lowest BCUT2D eigenvalue weighted by atomic mass is 10.0. The Balaban J connectivity index is 1.93. The van der Waals surface area contributed by atoms with Crippen molar-refractivity contribution in [3.8, 4) is 0 Å². The number of nitrogens with zero attached hydrogens (tertiary/aromatic N) is 1. The Hall–Kier alpha value is -0.950. The summed E-state index contributed by atoms with van der Waals surface area (Å²) in [5.41, 5.74) is 7.89. The number of rotatable bonds is 6. The van der Waals surface area contributed by atoms with Crippen molar-refractivity contribution in [3.63, 3.8) is 0 Å². The monoisotopic (exact) mass is 311 g/mol. The minimum absolute atomic E-state index is 0.277. The molecule has 1 atom stereocenters. The van der Waals surface area contributed by atoms with Gasteiger partial charge < -0.3 is 5.73 Å². The lowest BCUT2D eigenvalue weighted by Gasteiger charge is -2.31. The Kier molecular flexibility index (Phi) is 5.75. The van der Waals surface area contributed by atoms with Gasteiger partial charge in [-0.25, -0.2) is 0 Å². The van der Waals surface area contributed by atoms with Crippen molar-refractivity contribution in [2.45, 2.75) is 32.7 Å². The second-order valence-electron chi connectivity index (χ2n) is 5.60. The van der Waals surface area contributed by atoms with Gasteiger partial charge in [0.1, 0.15) is 0 Å². The number of nitrogens with two attached hydrogens (primary N) is 1. The van der Waals surface area contributed by atoms with Gasteiger partial charge in [-0.15, -0.1) is 0 Å². The van der Waals surface area contributed by atoms with Crippen molar-refractivity contribution in [3.05, 3.63) is 35.4 Å². The lowest BCUT2D eigenvalue weighted by Crippen LogP contribution is -2.47. The van der Waals surface area contributed by atoms with Gasteiger partial charge >= 0.3 is 0 Å². The van der Waals surface area contributed by atoms with E-state index in [1.165, 1.54) is 9.87 Å². The first-order chi connectivity index (χ1) is 10.0. The highest BCUT2D eigenvalue weighted by molar-refractivity contribution is 7.87. The molecule has 0 saturated carbocycles. The van der Waals surface area contributed by atoms with Gasteiger partial charge in [-0.1, -0.05) is 31.2 Å². The van der Waals surface area contributed by atoms with Gasteiger partial charge in [-0.2, -0.15) is 17.4 Å². The Morgan fingerprint density at radius 1 is 1.29 bits per heavy atom. The minimum Gasteiger partial charge on any atom is -0.330 e. The molecule has 0 amide bonds. The van der Waals surface area contributed by atoms with Crippen molar-refractivity contribution >= 4 is 10.2 Å². The summed E-state index contributed by atoms with van der Waals surface area (Å²) in [7, 11) is -3.41. The molecule has 1 heterocycles. The maximum absolute atomic E-state index is 12.3. The third kappa shape index (κ3) is 4.51. The van der Waals surface area contributed by atoms with Crippen LogP contribution in [0.3, 0.4) is 0 Å². The Bertz CT molecular complexity index is 543. The van der Waals surface area contributed by atoms with E-state index in [0.717, 1.165) is 24.8 Å². The molecule has 2 rings (SSSR count). The Morgan fingerprint density at radius 2 is 1.95 bits per heavy atom. The summed E-state index contributed by atoms with van der Waals surface area (Å²) in [6, 6.07) is 8.02. The predicted molar refractivity (Wildman–Crippen MR) is 84.9 cm³/mol. The first kappa shape index (κ1) is 16.4. The van der Waals surface area contributed by atoms with Crippen LogP contribution in [0.5, 0.6) is 0 Å². The molecule has 118 valence electrons. The van der Waals surface area contributed by atoms with Crippen molar-refractivity contribution in [1.29, 1.82) is 0 Å². The topological polar surface area (TPSA) is 75.4 Å². The third-order valence-corrected chi connectivity index (χ3v) is 5.57. The van der Waals surface area contributed by atoms with Gasteiger partial charge in [-0.3, -0.25) is 0 Å². The van der Waals surface area contributed by atoms with Gasteiger partial charge in [0.15, 0.2) is 0 Å². The van der Waals surface area contributed by atoms with Crippen LogP contribution >= 0.6 is 0 Å². The summed E-state index contributed by atoms with van der Waals surface area (Å²) in [5.74, 6) is 0.277. The predicted octanol–water partition coefficient (Wildman–Crippen LogP) is 1.25. The molecule has 1 saturated heterocycles. The molecule has 1 aromatic carbocycles. The van der Waals surface area contributed by atoms with Crippen LogP contribution in [0.25, 0.3) is 0 Å². The van der Waals surface area contributed by atoms with E-state index in [9.17, 15) is 8.42 Å². The van der Waals surface area contributed by atoms with Crippen LogP contribution in [0.4, 0.5) is 0 Å². The molecule has 0 radical (unpaired) electrons.